The molecule has 0 aromatic heterocycles. The van der Waals surface area contributed by atoms with Gasteiger partial charge in [0, 0.05) is 31.4 Å². The standard InChI is InChI=1S/C43H48BrN3O8/c1-4-6-22-34(49)45-32(27-53-3)37(30-20-14-9-15-21-30)54-42(52)35-36-40(50)47(33(26-48)29-18-12-8-13-19-29)39(43(36)24-31(44)38(35)55-43)41(51)46(23-5-2)25-28-16-10-7-11-17-28/h4-5,7-21,31-33,35-39,48H,1-2,6,22-27H2,3H3,(H,45,49)/t31?,32-,33-,35-,36+,37-,38-,39-,43+/m1/s1. The van der Waals surface area contributed by atoms with Gasteiger partial charge in [0.2, 0.25) is 17.7 Å². The van der Waals surface area contributed by atoms with Gasteiger partial charge in [-0.3, -0.25) is 19.2 Å². The molecule has 3 amide bonds. The minimum atomic E-state index is -1.43. The molecule has 11 nitrogen and oxygen atoms in total. The number of aliphatic hydroxyl groups excluding tert-OH is 1. The van der Waals surface area contributed by atoms with Crippen molar-refractivity contribution in [1.82, 2.24) is 15.1 Å². The molecule has 3 aliphatic rings. The number of esters is 1. The van der Waals surface area contributed by atoms with Gasteiger partial charge in [0.1, 0.15) is 17.7 Å². The molecular formula is C43H48BrN3O8. The number of carbonyl (C=O) groups is 4. The Labute approximate surface area is 330 Å². The topological polar surface area (TPSA) is 135 Å². The number of halogens is 1. The molecule has 0 saturated carbocycles. The second-order valence-electron chi connectivity index (χ2n) is 14.2. The van der Waals surface area contributed by atoms with Crippen LogP contribution >= 0.6 is 15.9 Å². The fourth-order valence-corrected chi connectivity index (χ4v) is 9.41. The minimum Gasteiger partial charge on any atom is -0.455 e. The molecule has 2 bridgehead atoms. The van der Waals surface area contributed by atoms with Gasteiger partial charge < -0.3 is 34.4 Å². The highest BCUT2D eigenvalue weighted by atomic mass is 79.9. The smallest absolute Gasteiger partial charge is 0.313 e. The van der Waals surface area contributed by atoms with Crippen LogP contribution in [-0.4, -0.2) is 94.1 Å². The Morgan fingerprint density at radius 2 is 1.65 bits per heavy atom. The van der Waals surface area contributed by atoms with E-state index in [9.17, 15) is 14.7 Å². The van der Waals surface area contributed by atoms with Crippen LogP contribution in [0.1, 0.15) is 48.1 Å². The van der Waals surface area contributed by atoms with Gasteiger partial charge in [-0.15, -0.1) is 13.2 Å². The molecule has 6 rings (SSSR count). The van der Waals surface area contributed by atoms with Crippen LogP contribution in [0.4, 0.5) is 0 Å². The number of amides is 3. The molecule has 1 unspecified atom stereocenters. The largest absolute Gasteiger partial charge is 0.455 e. The number of nitrogens with one attached hydrogen (secondary N) is 1. The summed E-state index contributed by atoms with van der Waals surface area (Å²) >= 11 is 3.76. The number of benzene rings is 3. The van der Waals surface area contributed by atoms with Gasteiger partial charge in [-0.2, -0.15) is 0 Å². The molecule has 3 heterocycles. The fraction of sp³-hybridized carbons (Fsp3) is 0.395. The summed E-state index contributed by atoms with van der Waals surface area (Å²) in [5.74, 6) is -4.05. The van der Waals surface area contributed by atoms with E-state index < -0.39 is 71.1 Å². The molecule has 3 aromatic rings. The number of rotatable bonds is 18. The van der Waals surface area contributed by atoms with Gasteiger partial charge in [-0.25, -0.2) is 0 Å². The minimum absolute atomic E-state index is 0.0325. The van der Waals surface area contributed by atoms with Crippen molar-refractivity contribution >= 4 is 39.6 Å². The molecule has 55 heavy (non-hydrogen) atoms. The summed E-state index contributed by atoms with van der Waals surface area (Å²) in [6.45, 7) is 7.59. The van der Waals surface area contributed by atoms with Crippen molar-refractivity contribution in [2.75, 3.05) is 26.9 Å². The van der Waals surface area contributed by atoms with Crippen molar-refractivity contribution in [3.05, 3.63) is 133 Å². The third-order valence-electron chi connectivity index (χ3n) is 10.8. The quantitative estimate of drug-likeness (QED) is 0.103. The lowest BCUT2D eigenvalue weighted by Gasteiger charge is -2.39. The summed E-state index contributed by atoms with van der Waals surface area (Å²) in [6, 6.07) is 24.7. The van der Waals surface area contributed by atoms with Crippen LogP contribution in [0.25, 0.3) is 0 Å². The number of alkyl halides is 1. The highest BCUT2D eigenvalue weighted by molar-refractivity contribution is 9.09. The average Bonchev–Trinajstić information content (AvgIpc) is 3.80. The second kappa shape index (κ2) is 17.9. The second-order valence-corrected chi connectivity index (χ2v) is 15.4. The monoisotopic (exact) mass is 813 g/mol. The van der Waals surface area contributed by atoms with E-state index in [1.807, 2.05) is 42.5 Å². The van der Waals surface area contributed by atoms with Crippen molar-refractivity contribution in [2.24, 2.45) is 11.8 Å². The number of fused-ring (bicyclic) bond motifs is 1. The Kier molecular flexibility index (Phi) is 13.0. The van der Waals surface area contributed by atoms with Crippen LogP contribution in [0, 0.1) is 11.8 Å². The SMILES string of the molecule is C=CCCC(=O)N[C@H](COC)[C@H](OC(=O)[C@H]1[C@@H]2O[C@@]3(CC2Br)[C@@H]1C(=O)N([C@H](CO)c1ccccc1)[C@@H]3C(=O)N(CC=C)Cc1ccccc1)c1ccccc1. The first-order valence-corrected chi connectivity index (χ1v) is 19.5. The zero-order valence-electron chi connectivity index (χ0n) is 30.9. The van der Waals surface area contributed by atoms with Crippen molar-refractivity contribution in [1.29, 1.82) is 0 Å². The van der Waals surface area contributed by atoms with E-state index in [0.29, 0.717) is 17.5 Å². The molecule has 3 aliphatic heterocycles. The maximum atomic E-state index is 15.1. The zero-order chi connectivity index (χ0) is 39.1. The van der Waals surface area contributed by atoms with Crippen molar-refractivity contribution in [3.63, 3.8) is 0 Å². The van der Waals surface area contributed by atoms with Crippen LogP contribution in [-0.2, 0) is 39.9 Å². The van der Waals surface area contributed by atoms with E-state index in [4.69, 9.17) is 14.2 Å². The predicted octanol–water partition coefficient (Wildman–Crippen LogP) is 5.06. The summed E-state index contributed by atoms with van der Waals surface area (Å²) < 4.78 is 18.7. The molecule has 2 N–H and O–H groups in total. The first kappa shape index (κ1) is 40.1. The third kappa shape index (κ3) is 8.05. The van der Waals surface area contributed by atoms with Crippen LogP contribution in [0.15, 0.2) is 116 Å². The van der Waals surface area contributed by atoms with Crippen molar-refractivity contribution < 1.29 is 38.5 Å². The highest BCUT2D eigenvalue weighted by Crippen LogP contribution is 2.61. The molecular weight excluding hydrogens is 766 g/mol. The first-order chi connectivity index (χ1) is 26.7. The molecule has 3 aromatic carbocycles. The van der Waals surface area contributed by atoms with Gasteiger partial charge in [-0.05, 0) is 29.5 Å². The zero-order valence-corrected chi connectivity index (χ0v) is 32.5. The maximum absolute atomic E-state index is 15.1. The number of hydrogen-bond donors (Lipinski definition) is 2. The molecule has 9 atom stereocenters. The van der Waals surface area contributed by atoms with E-state index in [0.717, 1.165) is 5.56 Å². The summed E-state index contributed by atoms with van der Waals surface area (Å²) in [5.41, 5.74) is 0.708. The summed E-state index contributed by atoms with van der Waals surface area (Å²) in [5, 5.41) is 13.9. The fourth-order valence-electron chi connectivity index (χ4n) is 8.47. The molecule has 12 heteroatoms. The number of hydrogen-bond acceptors (Lipinski definition) is 8. The lowest BCUT2D eigenvalue weighted by Crippen LogP contribution is -2.57. The lowest BCUT2D eigenvalue weighted by molar-refractivity contribution is -0.163. The lowest BCUT2D eigenvalue weighted by atomic mass is 9.70. The Morgan fingerprint density at radius 3 is 2.25 bits per heavy atom. The Bertz CT molecular complexity index is 1830. The number of ether oxygens (including phenoxy) is 3. The van der Waals surface area contributed by atoms with E-state index >= 15 is 9.59 Å². The third-order valence-corrected chi connectivity index (χ3v) is 11.7. The molecule has 3 saturated heterocycles. The molecule has 1 spiro atoms. The summed E-state index contributed by atoms with van der Waals surface area (Å²) in [4.78, 5) is 60.6. The van der Waals surface area contributed by atoms with Gasteiger partial charge in [0.05, 0.1) is 43.2 Å². The van der Waals surface area contributed by atoms with Gasteiger partial charge in [0.15, 0.2) is 0 Å². The van der Waals surface area contributed by atoms with Gasteiger partial charge in [0.25, 0.3) is 0 Å². The van der Waals surface area contributed by atoms with Crippen molar-refractivity contribution in [2.45, 2.75) is 66.6 Å². The molecule has 3 fully saturated rings. The molecule has 290 valence electrons. The Hall–Kier alpha value is -4.62. The van der Waals surface area contributed by atoms with Gasteiger partial charge >= 0.3 is 5.97 Å². The van der Waals surface area contributed by atoms with E-state index in [1.54, 1.807) is 65.6 Å². The number of carbonyl (C=O) groups excluding carboxylic acids is 4. The highest BCUT2D eigenvalue weighted by Gasteiger charge is 2.77. The van der Waals surface area contributed by atoms with E-state index in [-0.39, 0.29) is 44.4 Å². The van der Waals surface area contributed by atoms with Gasteiger partial charge in [-0.1, -0.05) is 119 Å². The predicted molar refractivity (Wildman–Crippen MR) is 209 cm³/mol. The number of nitrogens with zero attached hydrogens (tertiary/aromatic N) is 2. The normalized spacial score (nSPS) is 25.4. The number of allylic oxidation sites excluding steroid dienone is 1. The number of aliphatic hydroxyl groups is 1. The summed E-state index contributed by atoms with van der Waals surface area (Å²) in [7, 11) is 1.50. The molecule has 0 radical (unpaired) electrons. The van der Waals surface area contributed by atoms with Crippen molar-refractivity contribution in [3.8, 4) is 0 Å². The van der Waals surface area contributed by atoms with Crippen LogP contribution in [0.5, 0.6) is 0 Å². The van der Waals surface area contributed by atoms with Crippen LogP contribution < -0.4 is 5.32 Å². The summed E-state index contributed by atoms with van der Waals surface area (Å²) in [6.07, 6.45) is 2.41. The Morgan fingerprint density at radius 1 is 1.02 bits per heavy atom. The maximum Gasteiger partial charge on any atom is 0.313 e. The number of likely N-dealkylation sites (tertiary alicyclic amines) is 1. The van der Waals surface area contributed by atoms with Crippen LogP contribution in [0.3, 0.4) is 0 Å². The number of methoxy groups -OCH3 is 1. The average molecular weight is 815 g/mol. The Balaban J connectivity index is 1.40. The first-order valence-electron chi connectivity index (χ1n) is 18.6. The van der Waals surface area contributed by atoms with E-state index in [1.165, 1.54) is 12.0 Å². The van der Waals surface area contributed by atoms with Crippen LogP contribution in [0.2, 0.25) is 0 Å². The van der Waals surface area contributed by atoms with E-state index in [2.05, 4.69) is 34.4 Å². The molecule has 0 aliphatic carbocycles.